The van der Waals surface area contributed by atoms with Crippen molar-refractivity contribution in [1.82, 2.24) is 0 Å². The zero-order valence-electron chi connectivity index (χ0n) is 19.7. The first-order chi connectivity index (χ1) is 14.3. The van der Waals surface area contributed by atoms with Crippen LogP contribution in [-0.2, 0) is 9.47 Å². The van der Waals surface area contributed by atoms with E-state index < -0.39 is 0 Å². The maximum absolute atomic E-state index is 11.8. The van der Waals surface area contributed by atoms with Gasteiger partial charge in [0.05, 0.1) is 18.8 Å². The van der Waals surface area contributed by atoms with Gasteiger partial charge in [0.1, 0.15) is 0 Å². The maximum Gasteiger partial charge on any atom is 0.171 e. The average Bonchev–Trinajstić information content (AvgIpc) is 3.17. The fourth-order valence-electron chi connectivity index (χ4n) is 10.3. The lowest BCUT2D eigenvalue weighted by Crippen LogP contribution is -2.59. The van der Waals surface area contributed by atoms with E-state index in [0.717, 1.165) is 43.6 Å². The summed E-state index contributed by atoms with van der Waals surface area (Å²) in [7, 11) is 0. The van der Waals surface area contributed by atoms with Crippen molar-refractivity contribution in [3.05, 3.63) is 0 Å². The van der Waals surface area contributed by atoms with Crippen LogP contribution >= 0.6 is 0 Å². The van der Waals surface area contributed by atoms with Crippen molar-refractivity contribution in [2.45, 2.75) is 110 Å². The van der Waals surface area contributed by atoms with Crippen LogP contribution in [0.25, 0.3) is 0 Å². The number of fused-ring (bicyclic) bond motifs is 7. The SMILES string of the molecule is C[C@@H]1CC[C@@]2(OC1)O[C@@H]1C[C@@H]3[C@@H]4CC[C@H]5CCCC[C@]5(C)[C@@H]4C[C@H](O)[C@@]3(C)[C@@H]1[C@@H]2C. The van der Waals surface area contributed by atoms with E-state index in [-0.39, 0.29) is 23.4 Å². The molecule has 2 saturated heterocycles. The number of aliphatic hydroxyl groups excluding tert-OH is 1. The van der Waals surface area contributed by atoms with Crippen molar-refractivity contribution < 1.29 is 14.6 Å². The Kier molecular flexibility index (Phi) is 4.58. The third-order valence-electron chi connectivity index (χ3n) is 12.0. The standard InChI is InChI=1S/C27H44O3/c1-16-10-12-27(29-15-16)17(2)24-22(30-27)13-21-19-9-8-18-7-5-6-11-25(18,3)20(19)14-23(28)26(21,24)4/h16-24,28H,5-15H2,1-4H3/t16-,17+,18-,19-,20-,21-,22-,23+,24-,25+,26+,27-/m1/s1. The highest BCUT2D eigenvalue weighted by Crippen LogP contribution is 2.71. The highest BCUT2D eigenvalue weighted by atomic mass is 16.7. The Hall–Kier alpha value is -0.120. The Morgan fingerprint density at radius 1 is 0.900 bits per heavy atom. The summed E-state index contributed by atoms with van der Waals surface area (Å²) in [5.41, 5.74) is 0.469. The zero-order chi connectivity index (χ0) is 20.9. The van der Waals surface area contributed by atoms with Crippen LogP contribution in [0.5, 0.6) is 0 Å². The Morgan fingerprint density at radius 3 is 2.50 bits per heavy atom. The molecule has 4 saturated carbocycles. The molecule has 30 heavy (non-hydrogen) atoms. The van der Waals surface area contributed by atoms with Crippen molar-refractivity contribution in [3.63, 3.8) is 0 Å². The van der Waals surface area contributed by atoms with Crippen LogP contribution in [0.2, 0.25) is 0 Å². The van der Waals surface area contributed by atoms with Gasteiger partial charge in [-0.1, -0.05) is 40.5 Å². The molecule has 170 valence electrons. The van der Waals surface area contributed by atoms with Crippen LogP contribution in [0.3, 0.4) is 0 Å². The Labute approximate surface area is 183 Å². The van der Waals surface area contributed by atoms with E-state index in [1.807, 2.05) is 0 Å². The summed E-state index contributed by atoms with van der Waals surface area (Å²) < 4.78 is 13.3. The van der Waals surface area contributed by atoms with Gasteiger partial charge in [0, 0.05) is 23.7 Å². The molecule has 0 aromatic carbocycles. The van der Waals surface area contributed by atoms with Gasteiger partial charge in [-0.3, -0.25) is 0 Å². The summed E-state index contributed by atoms with van der Waals surface area (Å²) in [4.78, 5) is 0. The lowest BCUT2D eigenvalue weighted by Gasteiger charge is -2.62. The molecule has 0 aromatic rings. The summed E-state index contributed by atoms with van der Waals surface area (Å²) in [5, 5.41) is 11.8. The lowest BCUT2D eigenvalue weighted by atomic mass is 9.44. The van der Waals surface area contributed by atoms with Crippen molar-refractivity contribution in [1.29, 1.82) is 0 Å². The van der Waals surface area contributed by atoms with Gasteiger partial charge >= 0.3 is 0 Å². The molecule has 6 aliphatic rings. The molecule has 3 heteroatoms. The van der Waals surface area contributed by atoms with Crippen LogP contribution in [0.1, 0.15) is 91.9 Å². The van der Waals surface area contributed by atoms with Gasteiger partial charge in [0.25, 0.3) is 0 Å². The Bertz CT molecular complexity index is 684. The molecule has 1 N–H and O–H groups in total. The molecular weight excluding hydrogens is 372 g/mol. The van der Waals surface area contributed by atoms with E-state index >= 15 is 0 Å². The first-order valence-electron chi connectivity index (χ1n) is 13.3. The van der Waals surface area contributed by atoms with Gasteiger partial charge in [-0.25, -0.2) is 0 Å². The molecule has 0 unspecified atom stereocenters. The second-order valence-electron chi connectivity index (χ2n) is 13.0. The van der Waals surface area contributed by atoms with Crippen molar-refractivity contribution in [2.75, 3.05) is 6.61 Å². The zero-order valence-corrected chi connectivity index (χ0v) is 19.7. The van der Waals surface area contributed by atoms with Crippen LogP contribution in [0, 0.1) is 52.3 Å². The summed E-state index contributed by atoms with van der Waals surface area (Å²) in [6.07, 6.45) is 13.0. The molecule has 6 fully saturated rings. The predicted octanol–water partition coefficient (Wildman–Crippen LogP) is 5.79. The molecule has 0 radical (unpaired) electrons. The van der Waals surface area contributed by atoms with Crippen LogP contribution in [0.15, 0.2) is 0 Å². The Balaban J connectivity index is 1.31. The monoisotopic (exact) mass is 416 g/mol. The molecule has 12 atom stereocenters. The summed E-state index contributed by atoms with van der Waals surface area (Å²) in [6, 6.07) is 0. The molecule has 0 bridgehead atoms. The number of ether oxygens (including phenoxy) is 2. The van der Waals surface area contributed by atoms with E-state index in [2.05, 4.69) is 27.7 Å². The van der Waals surface area contributed by atoms with Crippen LogP contribution < -0.4 is 0 Å². The topological polar surface area (TPSA) is 38.7 Å². The van der Waals surface area contributed by atoms with Gasteiger partial charge in [-0.15, -0.1) is 0 Å². The third kappa shape index (κ3) is 2.49. The van der Waals surface area contributed by atoms with Gasteiger partial charge < -0.3 is 14.6 Å². The van der Waals surface area contributed by atoms with E-state index in [1.165, 1.54) is 44.9 Å². The van der Waals surface area contributed by atoms with Crippen molar-refractivity contribution >= 4 is 0 Å². The predicted molar refractivity (Wildman–Crippen MR) is 118 cm³/mol. The first kappa shape index (κ1) is 20.5. The summed E-state index contributed by atoms with van der Waals surface area (Å²) in [6.45, 7) is 10.5. The van der Waals surface area contributed by atoms with Gasteiger partial charge in [0.15, 0.2) is 5.79 Å². The fourth-order valence-corrected chi connectivity index (χ4v) is 10.3. The van der Waals surface area contributed by atoms with Crippen LogP contribution in [-0.4, -0.2) is 29.7 Å². The number of aliphatic hydroxyl groups is 1. The lowest BCUT2D eigenvalue weighted by molar-refractivity contribution is -0.274. The van der Waals surface area contributed by atoms with E-state index in [9.17, 15) is 5.11 Å². The third-order valence-corrected chi connectivity index (χ3v) is 12.0. The number of rotatable bonds is 0. The summed E-state index contributed by atoms with van der Waals surface area (Å²) in [5.74, 6) is 4.15. The highest BCUT2D eigenvalue weighted by Gasteiger charge is 2.71. The molecule has 0 aromatic heterocycles. The normalized spacial score (nSPS) is 62.5. The van der Waals surface area contributed by atoms with E-state index in [1.54, 1.807) is 0 Å². The molecule has 3 nitrogen and oxygen atoms in total. The largest absolute Gasteiger partial charge is 0.393 e. The second-order valence-corrected chi connectivity index (χ2v) is 13.0. The quantitative estimate of drug-likeness (QED) is 0.543. The fraction of sp³-hybridized carbons (Fsp3) is 1.00. The molecule has 1 spiro atoms. The minimum absolute atomic E-state index is 0.000956. The van der Waals surface area contributed by atoms with E-state index in [0.29, 0.717) is 29.1 Å². The van der Waals surface area contributed by atoms with Crippen LogP contribution in [0.4, 0.5) is 0 Å². The van der Waals surface area contributed by atoms with Gasteiger partial charge in [-0.2, -0.15) is 0 Å². The molecule has 2 aliphatic heterocycles. The molecule has 6 rings (SSSR count). The first-order valence-corrected chi connectivity index (χ1v) is 13.3. The van der Waals surface area contributed by atoms with Crippen molar-refractivity contribution in [2.24, 2.45) is 52.3 Å². The minimum Gasteiger partial charge on any atom is -0.393 e. The average molecular weight is 417 g/mol. The highest BCUT2D eigenvalue weighted by molar-refractivity contribution is 5.17. The Morgan fingerprint density at radius 2 is 1.73 bits per heavy atom. The molecule has 2 heterocycles. The second kappa shape index (κ2) is 6.70. The van der Waals surface area contributed by atoms with Gasteiger partial charge in [0.2, 0.25) is 0 Å². The molecule has 0 amide bonds. The summed E-state index contributed by atoms with van der Waals surface area (Å²) >= 11 is 0. The smallest absolute Gasteiger partial charge is 0.171 e. The minimum atomic E-state index is -0.376. The van der Waals surface area contributed by atoms with E-state index in [4.69, 9.17) is 9.47 Å². The molecule has 4 aliphatic carbocycles. The number of hydrogen-bond acceptors (Lipinski definition) is 3. The van der Waals surface area contributed by atoms with Gasteiger partial charge in [-0.05, 0) is 80.0 Å². The van der Waals surface area contributed by atoms with Crippen molar-refractivity contribution in [3.8, 4) is 0 Å². The maximum atomic E-state index is 11.8. The number of hydrogen-bond donors (Lipinski definition) is 1. The molecular formula is C27H44O3.